The van der Waals surface area contributed by atoms with Gasteiger partial charge in [-0.15, -0.1) is 0 Å². The highest BCUT2D eigenvalue weighted by Crippen LogP contribution is 2.30. The van der Waals surface area contributed by atoms with Gasteiger partial charge in [0.25, 0.3) is 5.91 Å². The van der Waals surface area contributed by atoms with Gasteiger partial charge in [0.1, 0.15) is 0 Å². The Balaban J connectivity index is 1.95. The van der Waals surface area contributed by atoms with Gasteiger partial charge < -0.3 is 10.4 Å². The van der Waals surface area contributed by atoms with E-state index in [0.29, 0.717) is 43.6 Å². The first-order valence-corrected chi connectivity index (χ1v) is 9.24. The molecule has 1 aliphatic heterocycles. The molecular formula is C15H20N2O5S. The van der Waals surface area contributed by atoms with Gasteiger partial charge in [-0.2, -0.15) is 0 Å². The Hall–Kier alpha value is -2.09. The number of carbonyl (C=O) groups excluding carboxylic acids is 1. The Kier molecular flexibility index (Phi) is 5.25. The summed E-state index contributed by atoms with van der Waals surface area (Å²) in [7, 11) is -3.29. The third kappa shape index (κ3) is 4.44. The van der Waals surface area contributed by atoms with E-state index in [4.69, 9.17) is 5.11 Å². The summed E-state index contributed by atoms with van der Waals surface area (Å²) < 4.78 is 24.7. The highest BCUT2D eigenvalue weighted by Gasteiger charge is 2.26. The molecule has 2 rings (SSSR count). The Morgan fingerprint density at radius 1 is 1.30 bits per heavy atom. The van der Waals surface area contributed by atoms with E-state index in [2.05, 4.69) is 5.32 Å². The van der Waals surface area contributed by atoms with Gasteiger partial charge in [0.2, 0.25) is 10.0 Å². The zero-order valence-electron chi connectivity index (χ0n) is 12.9. The number of fused-ring (bicyclic) bond motifs is 1. The van der Waals surface area contributed by atoms with Gasteiger partial charge in [0, 0.05) is 25.1 Å². The van der Waals surface area contributed by atoms with Crippen LogP contribution in [0.25, 0.3) is 0 Å². The van der Waals surface area contributed by atoms with Crippen LogP contribution in [0.1, 0.15) is 35.2 Å². The van der Waals surface area contributed by atoms with Crippen LogP contribution in [-0.4, -0.2) is 44.7 Å². The Morgan fingerprint density at radius 2 is 2.04 bits per heavy atom. The molecule has 0 spiro atoms. The van der Waals surface area contributed by atoms with Crippen molar-refractivity contribution < 1.29 is 23.1 Å². The number of anilines is 1. The van der Waals surface area contributed by atoms with E-state index in [1.165, 1.54) is 10.6 Å². The van der Waals surface area contributed by atoms with Crippen LogP contribution in [0.3, 0.4) is 0 Å². The highest BCUT2D eigenvalue weighted by molar-refractivity contribution is 7.92. The summed E-state index contributed by atoms with van der Waals surface area (Å²) in [5.74, 6) is -1.08. The lowest BCUT2D eigenvalue weighted by Gasteiger charge is -2.16. The molecule has 1 heterocycles. The lowest BCUT2D eigenvalue weighted by Crippen LogP contribution is -2.27. The molecule has 126 valence electrons. The van der Waals surface area contributed by atoms with Crippen LogP contribution in [0.4, 0.5) is 5.69 Å². The molecule has 0 bridgehead atoms. The maximum Gasteiger partial charge on any atom is 0.303 e. The van der Waals surface area contributed by atoms with Crippen LogP contribution in [0, 0.1) is 0 Å². The molecule has 0 aromatic heterocycles. The molecule has 0 saturated heterocycles. The van der Waals surface area contributed by atoms with Crippen molar-refractivity contribution in [3.63, 3.8) is 0 Å². The van der Waals surface area contributed by atoms with Gasteiger partial charge in [-0.3, -0.25) is 13.9 Å². The van der Waals surface area contributed by atoms with Crippen LogP contribution in [0.2, 0.25) is 0 Å². The number of nitrogens with zero attached hydrogens (tertiary/aromatic N) is 1. The minimum Gasteiger partial charge on any atom is -0.481 e. The number of rotatable bonds is 7. The largest absolute Gasteiger partial charge is 0.481 e. The van der Waals surface area contributed by atoms with Gasteiger partial charge in [0.05, 0.1) is 11.9 Å². The fourth-order valence-electron chi connectivity index (χ4n) is 2.56. The van der Waals surface area contributed by atoms with E-state index in [0.717, 1.165) is 5.56 Å². The number of unbranched alkanes of at least 4 members (excludes halogenated alkanes) is 1. The average Bonchev–Trinajstić information content (AvgIpc) is 2.89. The molecule has 0 atom stereocenters. The average molecular weight is 340 g/mol. The topological polar surface area (TPSA) is 104 Å². The second kappa shape index (κ2) is 6.99. The third-order valence-electron chi connectivity index (χ3n) is 3.70. The van der Waals surface area contributed by atoms with Crippen molar-refractivity contribution in [1.29, 1.82) is 0 Å². The van der Waals surface area contributed by atoms with Crippen molar-refractivity contribution in [2.75, 3.05) is 23.7 Å². The normalized spacial score (nSPS) is 13.7. The quantitative estimate of drug-likeness (QED) is 0.721. The maximum atomic E-state index is 12.1. The molecule has 1 amide bonds. The van der Waals surface area contributed by atoms with E-state index >= 15 is 0 Å². The van der Waals surface area contributed by atoms with Gasteiger partial charge in [-0.05, 0) is 43.0 Å². The number of hydrogen-bond acceptors (Lipinski definition) is 4. The van der Waals surface area contributed by atoms with E-state index < -0.39 is 16.0 Å². The number of benzene rings is 1. The molecule has 7 nitrogen and oxygen atoms in total. The minimum atomic E-state index is -3.29. The molecule has 0 saturated carbocycles. The van der Waals surface area contributed by atoms with E-state index in [-0.39, 0.29) is 12.3 Å². The zero-order valence-corrected chi connectivity index (χ0v) is 13.7. The van der Waals surface area contributed by atoms with Crippen LogP contribution >= 0.6 is 0 Å². The van der Waals surface area contributed by atoms with Crippen LogP contribution in [-0.2, 0) is 21.2 Å². The first-order valence-electron chi connectivity index (χ1n) is 7.39. The van der Waals surface area contributed by atoms with Gasteiger partial charge in [0.15, 0.2) is 0 Å². The molecule has 0 fully saturated rings. The van der Waals surface area contributed by atoms with Gasteiger partial charge >= 0.3 is 5.97 Å². The Morgan fingerprint density at radius 3 is 2.70 bits per heavy atom. The number of carbonyl (C=O) groups is 2. The van der Waals surface area contributed by atoms with E-state index in [1.54, 1.807) is 18.2 Å². The molecule has 0 radical (unpaired) electrons. The monoisotopic (exact) mass is 340 g/mol. The number of hydrogen-bond donors (Lipinski definition) is 2. The van der Waals surface area contributed by atoms with Crippen molar-refractivity contribution in [3.8, 4) is 0 Å². The van der Waals surface area contributed by atoms with Crippen LogP contribution in [0.5, 0.6) is 0 Å². The summed E-state index contributed by atoms with van der Waals surface area (Å²) in [6, 6.07) is 4.98. The predicted molar refractivity (Wildman–Crippen MR) is 86.2 cm³/mol. The number of amides is 1. The predicted octanol–water partition coefficient (Wildman–Crippen LogP) is 0.993. The smallest absolute Gasteiger partial charge is 0.303 e. The summed E-state index contributed by atoms with van der Waals surface area (Å²) in [6.45, 7) is 0.813. The zero-order chi connectivity index (χ0) is 17.0. The summed E-state index contributed by atoms with van der Waals surface area (Å²) in [4.78, 5) is 22.4. The number of sulfonamides is 1. The van der Waals surface area contributed by atoms with E-state index in [9.17, 15) is 18.0 Å². The van der Waals surface area contributed by atoms with Crippen molar-refractivity contribution in [2.24, 2.45) is 0 Å². The molecule has 2 N–H and O–H groups in total. The SMILES string of the molecule is CS(=O)(=O)N1CCc2cc(C(=O)NCCCCC(=O)O)ccc21. The molecule has 1 aromatic carbocycles. The molecule has 1 aliphatic rings. The molecule has 0 aliphatic carbocycles. The molecule has 8 heteroatoms. The van der Waals surface area contributed by atoms with Crippen molar-refractivity contribution in [3.05, 3.63) is 29.3 Å². The van der Waals surface area contributed by atoms with Gasteiger partial charge in [-0.1, -0.05) is 0 Å². The van der Waals surface area contributed by atoms with Crippen molar-refractivity contribution >= 4 is 27.6 Å². The Bertz CT molecular complexity index is 715. The second-order valence-corrected chi connectivity index (χ2v) is 7.44. The highest BCUT2D eigenvalue weighted by atomic mass is 32.2. The lowest BCUT2D eigenvalue weighted by atomic mass is 10.1. The summed E-state index contributed by atoms with van der Waals surface area (Å²) in [5, 5.41) is 11.3. The summed E-state index contributed by atoms with van der Waals surface area (Å²) in [5.41, 5.74) is 1.96. The first kappa shape index (κ1) is 17.3. The number of aliphatic carboxylic acids is 1. The minimum absolute atomic E-state index is 0.0933. The van der Waals surface area contributed by atoms with Crippen molar-refractivity contribution in [1.82, 2.24) is 5.32 Å². The fourth-order valence-corrected chi connectivity index (χ4v) is 3.52. The lowest BCUT2D eigenvalue weighted by molar-refractivity contribution is -0.137. The Labute approximate surface area is 135 Å². The number of carboxylic acids is 1. The second-order valence-electron chi connectivity index (χ2n) is 5.54. The molecular weight excluding hydrogens is 320 g/mol. The molecule has 0 unspecified atom stereocenters. The molecule has 1 aromatic rings. The molecule has 23 heavy (non-hydrogen) atoms. The first-order chi connectivity index (χ1) is 10.8. The van der Waals surface area contributed by atoms with E-state index in [1.807, 2.05) is 0 Å². The summed E-state index contributed by atoms with van der Waals surface area (Å²) in [6.07, 6.45) is 2.96. The van der Waals surface area contributed by atoms with Crippen LogP contribution < -0.4 is 9.62 Å². The maximum absolute atomic E-state index is 12.1. The summed E-state index contributed by atoms with van der Waals surface area (Å²) >= 11 is 0. The van der Waals surface area contributed by atoms with Gasteiger partial charge in [-0.25, -0.2) is 8.42 Å². The number of nitrogens with one attached hydrogen (secondary N) is 1. The van der Waals surface area contributed by atoms with Crippen LogP contribution in [0.15, 0.2) is 18.2 Å². The van der Waals surface area contributed by atoms with Crippen molar-refractivity contribution in [2.45, 2.75) is 25.7 Å². The standard InChI is InChI=1S/C15H20N2O5S/c1-23(21,22)17-9-7-11-10-12(5-6-13(11)17)15(20)16-8-3-2-4-14(18)19/h5-6,10H,2-4,7-9H2,1H3,(H,16,20)(H,18,19). The fraction of sp³-hybridized carbons (Fsp3) is 0.467. The number of carboxylic acid groups (broad SMARTS) is 1. The third-order valence-corrected chi connectivity index (χ3v) is 4.88.